The molecule has 0 unspecified atom stereocenters. The molecule has 0 atom stereocenters. The molecule has 0 saturated heterocycles. The molecule has 1 aliphatic heterocycles. The van der Waals surface area contributed by atoms with E-state index in [0.717, 1.165) is 24.7 Å². The van der Waals surface area contributed by atoms with Crippen LogP contribution in [0.15, 0.2) is 29.3 Å². The second-order valence-corrected chi connectivity index (χ2v) is 6.15. The number of hydrogen-bond donors (Lipinski definition) is 1. The third kappa shape index (κ3) is 2.94. The van der Waals surface area contributed by atoms with E-state index in [1.54, 1.807) is 18.2 Å². The summed E-state index contributed by atoms with van der Waals surface area (Å²) in [6.45, 7) is 2.87. The summed E-state index contributed by atoms with van der Waals surface area (Å²) in [4.78, 5) is 28.7. The van der Waals surface area contributed by atoms with Gasteiger partial charge in [-0.15, -0.1) is 0 Å². The number of nitrogens with zero attached hydrogens (tertiary/aromatic N) is 3. The van der Waals surface area contributed by atoms with E-state index in [2.05, 4.69) is 10.3 Å². The summed E-state index contributed by atoms with van der Waals surface area (Å²) in [5, 5.41) is 16.5. The van der Waals surface area contributed by atoms with Crippen LogP contribution in [0.5, 0.6) is 0 Å². The number of Topliss-reactive ketones (excluding diaryl/α,β-unsaturated/α-hetero) is 1. The normalized spacial score (nSPS) is 14.4. The van der Waals surface area contributed by atoms with E-state index < -0.39 is 5.78 Å². The Morgan fingerprint density at radius 2 is 2.26 bits per heavy atom. The Kier molecular flexibility index (Phi) is 4.33. The lowest BCUT2D eigenvalue weighted by atomic mass is 10.2. The van der Waals surface area contributed by atoms with Crippen molar-refractivity contribution in [2.24, 2.45) is 4.99 Å². The molecule has 0 saturated carbocycles. The number of rotatable bonds is 3. The lowest BCUT2D eigenvalue weighted by molar-refractivity contribution is -0.468. The van der Waals surface area contributed by atoms with Crippen molar-refractivity contribution in [2.75, 3.05) is 13.1 Å². The van der Waals surface area contributed by atoms with E-state index in [4.69, 9.17) is 0 Å². The summed E-state index contributed by atoms with van der Waals surface area (Å²) in [5.74, 6) is -0.221. The number of carbonyl (C=O) groups excluding carboxylic acids is 1. The molecular formula is C15H16N4O3S. The molecular weight excluding hydrogens is 316 g/mol. The van der Waals surface area contributed by atoms with E-state index in [1.165, 1.54) is 24.8 Å². The Morgan fingerprint density at radius 1 is 1.48 bits per heavy atom. The fraction of sp³-hybridized carbons (Fsp3) is 0.333. The van der Waals surface area contributed by atoms with Gasteiger partial charge in [-0.2, -0.15) is 0 Å². The molecule has 8 heteroatoms. The topological polar surface area (TPSA) is 92.4 Å². The van der Waals surface area contributed by atoms with Crippen molar-refractivity contribution in [3.8, 4) is 0 Å². The highest BCUT2D eigenvalue weighted by Crippen LogP contribution is 2.20. The first-order valence-corrected chi connectivity index (χ1v) is 8.27. The Bertz CT molecular complexity index is 860. The summed E-state index contributed by atoms with van der Waals surface area (Å²) < 4.78 is 1.23. The fourth-order valence-electron chi connectivity index (χ4n) is 2.50. The van der Waals surface area contributed by atoms with Gasteiger partial charge in [-0.3, -0.25) is 9.79 Å². The molecule has 0 bridgehead atoms. The molecule has 7 nitrogen and oxygen atoms in total. The summed E-state index contributed by atoms with van der Waals surface area (Å²) in [7, 11) is 0. The molecule has 0 amide bonds. The number of ketones is 1. The van der Waals surface area contributed by atoms with Gasteiger partial charge in [0.1, 0.15) is 11.2 Å². The van der Waals surface area contributed by atoms with E-state index in [0.29, 0.717) is 9.16 Å². The summed E-state index contributed by atoms with van der Waals surface area (Å²) in [6.07, 6.45) is 0.973. The molecule has 120 valence electrons. The van der Waals surface area contributed by atoms with Gasteiger partial charge in [-0.25, -0.2) is 0 Å². The van der Waals surface area contributed by atoms with Crippen molar-refractivity contribution in [2.45, 2.75) is 19.1 Å². The molecule has 0 radical (unpaired) electrons. The number of hydrogen-bond acceptors (Lipinski definition) is 6. The summed E-state index contributed by atoms with van der Waals surface area (Å²) >= 11 is 1.33. The van der Waals surface area contributed by atoms with Crippen molar-refractivity contribution in [3.05, 3.63) is 45.8 Å². The molecule has 2 heterocycles. The van der Waals surface area contributed by atoms with Gasteiger partial charge in [0, 0.05) is 36.7 Å². The van der Waals surface area contributed by atoms with Crippen LogP contribution in [0.4, 0.5) is 0 Å². The monoisotopic (exact) mass is 332 g/mol. The number of fused-ring (bicyclic) bond motifs is 1. The molecule has 0 fully saturated rings. The quantitative estimate of drug-likeness (QED) is 0.682. The molecule has 1 aromatic heterocycles. The van der Waals surface area contributed by atoms with Crippen molar-refractivity contribution < 1.29 is 9.22 Å². The van der Waals surface area contributed by atoms with E-state index in [1.807, 2.05) is 0 Å². The summed E-state index contributed by atoms with van der Waals surface area (Å²) in [5.41, 5.74) is 0.491. The third-order valence-electron chi connectivity index (χ3n) is 3.59. The Labute approximate surface area is 136 Å². The predicted molar refractivity (Wildman–Crippen MR) is 90.3 cm³/mol. The number of benzene rings is 1. The van der Waals surface area contributed by atoms with Crippen molar-refractivity contribution in [1.29, 1.82) is 0 Å². The fourth-order valence-corrected chi connectivity index (χ4v) is 3.42. The number of thioether (sulfide) groups is 1. The average molecular weight is 332 g/mol. The molecule has 0 spiro atoms. The van der Waals surface area contributed by atoms with Crippen molar-refractivity contribution >= 4 is 33.7 Å². The molecule has 3 rings (SSSR count). The first-order valence-electron chi connectivity index (χ1n) is 7.28. The van der Waals surface area contributed by atoms with E-state index in [9.17, 15) is 14.9 Å². The Balaban J connectivity index is 2.08. The SMILES string of the molecule is CC(=O)c1c(CSC2=NCCCN2)n([O-])c2ccccc2[n+]1=O. The lowest BCUT2D eigenvalue weighted by Crippen LogP contribution is -2.31. The Hall–Kier alpha value is -2.35. The summed E-state index contributed by atoms with van der Waals surface area (Å²) in [6, 6.07) is 6.46. The maximum atomic E-state index is 12.6. The number of para-hydroxylation sites is 2. The minimum absolute atomic E-state index is 0.109. The molecule has 1 aromatic carbocycles. The van der Waals surface area contributed by atoms with E-state index in [-0.39, 0.29) is 28.2 Å². The van der Waals surface area contributed by atoms with E-state index >= 15 is 0 Å². The molecule has 1 N–H and O–H groups in total. The zero-order valence-corrected chi connectivity index (χ0v) is 13.4. The minimum Gasteiger partial charge on any atom is -0.805 e. The van der Waals surface area contributed by atoms with Crippen LogP contribution < -0.4 is 9.74 Å². The van der Waals surface area contributed by atoms with Gasteiger partial charge < -0.3 is 15.3 Å². The first-order chi connectivity index (χ1) is 11.1. The Morgan fingerprint density at radius 3 is 2.96 bits per heavy atom. The van der Waals surface area contributed by atoms with Crippen LogP contribution in [0.2, 0.25) is 0 Å². The number of nitrogens with one attached hydrogen (secondary N) is 1. The van der Waals surface area contributed by atoms with Gasteiger partial charge in [-0.1, -0.05) is 23.9 Å². The number of aromatic nitrogens is 2. The first kappa shape index (κ1) is 15.5. The molecule has 1 aliphatic rings. The van der Waals surface area contributed by atoms with Crippen LogP contribution in [-0.4, -0.2) is 28.8 Å². The zero-order chi connectivity index (χ0) is 16.4. The van der Waals surface area contributed by atoms with Crippen LogP contribution in [0.25, 0.3) is 11.0 Å². The van der Waals surface area contributed by atoms with Gasteiger partial charge in [0.2, 0.25) is 5.78 Å². The standard InChI is InChI=1S/C15H16N4O3S/c1-10(20)14-13(9-23-15-16-7-4-8-17-15)18(21)11-5-2-3-6-12(11)19(14)22/h2-3,5-6H,4,7-9H2,1H3,(H,16,17). The van der Waals surface area contributed by atoms with Crippen molar-refractivity contribution in [1.82, 2.24) is 10.0 Å². The van der Waals surface area contributed by atoms with Gasteiger partial charge in [0.25, 0.3) is 5.52 Å². The maximum absolute atomic E-state index is 12.6. The number of amidine groups is 1. The lowest BCUT2D eigenvalue weighted by Gasteiger charge is -2.19. The van der Waals surface area contributed by atoms with Crippen LogP contribution in [-0.2, 0) is 5.75 Å². The van der Waals surface area contributed by atoms with Gasteiger partial charge >= 0.3 is 5.69 Å². The highest BCUT2D eigenvalue weighted by atomic mass is 32.2. The zero-order valence-electron chi connectivity index (χ0n) is 12.6. The number of aliphatic imine (C=N–C) groups is 1. The van der Waals surface area contributed by atoms with Gasteiger partial charge in [0.05, 0.1) is 4.43 Å². The highest BCUT2D eigenvalue weighted by Gasteiger charge is 2.26. The predicted octanol–water partition coefficient (Wildman–Crippen LogP) is 1.69. The smallest absolute Gasteiger partial charge is 0.325 e. The van der Waals surface area contributed by atoms with Crippen molar-refractivity contribution in [3.63, 3.8) is 0 Å². The molecule has 2 aromatic rings. The van der Waals surface area contributed by atoms with Crippen LogP contribution >= 0.6 is 11.8 Å². The van der Waals surface area contributed by atoms with Crippen LogP contribution in [0, 0.1) is 10.1 Å². The van der Waals surface area contributed by atoms with Crippen LogP contribution in [0.1, 0.15) is 29.5 Å². The second-order valence-electron chi connectivity index (χ2n) is 5.18. The molecule has 0 aliphatic carbocycles. The van der Waals surface area contributed by atoms with Gasteiger partial charge in [0.15, 0.2) is 5.17 Å². The maximum Gasteiger partial charge on any atom is 0.325 e. The highest BCUT2D eigenvalue weighted by molar-refractivity contribution is 8.13. The second kappa shape index (κ2) is 6.41. The number of carbonyl (C=O) groups is 1. The minimum atomic E-state index is -0.426. The average Bonchev–Trinajstić information content (AvgIpc) is 2.57. The largest absolute Gasteiger partial charge is 0.805 e. The third-order valence-corrected chi connectivity index (χ3v) is 4.55. The van der Waals surface area contributed by atoms with Crippen LogP contribution in [0.3, 0.4) is 0 Å². The molecule has 23 heavy (non-hydrogen) atoms. The van der Waals surface area contributed by atoms with Gasteiger partial charge in [-0.05, 0) is 12.5 Å².